The predicted octanol–water partition coefficient (Wildman–Crippen LogP) is 6.63. The second-order valence-electron chi connectivity index (χ2n) is 5.54. The molecule has 0 atom stereocenters. The van der Waals surface area contributed by atoms with E-state index in [-0.39, 0.29) is 5.82 Å². The molecule has 0 N–H and O–H groups in total. The lowest BCUT2D eigenvalue weighted by Gasteiger charge is -2.08. The number of hydrogen-bond donors (Lipinski definition) is 0. The molecule has 0 unspecified atom stereocenters. The Bertz CT molecular complexity index is 890. The highest BCUT2D eigenvalue weighted by Crippen LogP contribution is 2.27. The summed E-state index contributed by atoms with van der Waals surface area (Å²) in [6.45, 7) is 1.95. The zero-order chi connectivity index (χ0) is 18.2. The van der Waals surface area contributed by atoms with Gasteiger partial charge in [0.2, 0.25) is 0 Å². The number of halogens is 1. The first-order chi connectivity index (χ1) is 12.7. The Labute approximate surface area is 157 Å². The van der Waals surface area contributed by atoms with Crippen LogP contribution < -0.4 is 4.74 Å². The summed E-state index contributed by atoms with van der Waals surface area (Å²) in [4.78, 5) is 5.64. The zero-order valence-electron chi connectivity index (χ0n) is 14.3. The molecule has 0 aliphatic carbocycles. The normalized spacial score (nSPS) is 12.1. The molecule has 3 aromatic rings. The molecule has 3 rings (SSSR count). The Balaban J connectivity index is 1.86. The van der Waals surface area contributed by atoms with Gasteiger partial charge in [0.1, 0.15) is 16.6 Å². The van der Waals surface area contributed by atoms with Gasteiger partial charge < -0.3 is 4.74 Å². The first kappa shape index (κ1) is 18.0. The number of thioether (sulfide) groups is 1. The smallest absolute Gasteiger partial charge is 0.126 e. The lowest BCUT2D eigenvalue weighted by atomic mass is 10.3. The summed E-state index contributed by atoms with van der Waals surface area (Å²) in [6, 6.07) is 25.7. The van der Waals surface area contributed by atoms with E-state index in [9.17, 15) is 4.39 Å². The van der Waals surface area contributed by atoms with Crippen LogP contribution in [-0.4, -0.2) is 5.04 Å². The van der Waals surface area contributed by atoms with Crippen LogP contribution in [0.1, 0.15) is 6.92 Å². The minimum Gasteiger partial charge on any atom is -0.465 e. The first-order valence-corrected chi connectivity index (χ1v) is 8.98. The van der Waals surface area contributed by atoms with Gasteiger partial charge in [-0.05, 0) is 55.5 Å². The summed E-state index contributed by atoms with van der Waals surface area (Å²) in [6.07, 6.45) is 1.69. The fourth-order valence-corrected chi connectivity index (χ4v) is 2.99. The van der Waals surface area contributed by atoms with Crippen molar-refractivity contribution in [3.63, 3.8) is 0 Å². The topological polar surface area (TPSA) is 21.6 Å². The average molecular weight is 363 g/mol. The second-order valence-corrected chi connectivity index (χ2v) is 6.60. The molecular weight excluding hydrogens is 345 g/mol. The van der Waals surface area contributed by atoms with E-state index in [0.29, 0.717) is 0 Å². The molecule has 0 fully saturated rings. The molecule has 0 radical (unpaired) electrons. The van der Waals surface area contributed by atoms with E-state index in [1.54, 1.807) is 18.4 Å². The van der Waals surface area contributed by atoms with Crippen molar-refractivity contribution >= 4 is 22.5 Å². The quantitative estimate of drug-likeness (QED) is 0.220. The van der Waals surface area contributed by atoms with Gasteiger partial charge in [-0.3, -0.25) is 0 Å². The summed E-state index contributed by atoms with van der Waals surface area (Å²) >= 11 is 1.47. The largest absolute Gasteiger partial charge is 0.465 e. The van der Waals surface area contributed by atoms with Gasteiger partial charge in [-0.1, -0.05) is 48.2 Å². The molecular formula is C22H18FNOS. The highest BCUT2D eigenvalue weighted by Gasteiger charge is 2.07. The third-order valence-corrected chi connectivity index (χ3v) is 4.58. The first-order valence-electron chi connectivity index (χ1n) is 8.17. The van der Waals surface area contributed by atoms with Crippen LogP contribution in [0.15, 0.2) is 107 Å². The van der Waals surface area contributed by atoms with E-state index in [4.69, 9.17) is 9.73 Å². The molecule has 0 aromatic heterocycles. The summed E-state index contributed by atoms with van der Waals surface area (Å²) in [7, 11) is 0. The molecule has 0 aliphatic rings. The van der Waals surface area contributed by atoms with Crippen LogP contribution in [0.5, 0.6) is 5.75 Å². The Kier molecular flexibility index (Phi) is 6.23. The van der Waals surface area contributed by atoms with Gasteiger partial charge in [0.25, 0.3) is 0 Å². The van der Waals surface area contributed by atoms with Crippen molar-refractivity contribution in [1.82, 2.24) is 0 Å². The fourth-order valence-electron chi connectivity index (χ4n) is 2.13. The van der Waals surface area contributed by atoms with Gasteiger partial charge in [-0.15, -0.1) is 0 Å². The van der Waals surface area contributed by atoms with Crippen LogP contribution in [0.4, 0.5) is 10.1 Å². The van der Waals surface area contributed by atoms with Crippen molar-refractivity contribution in [1.29, 1.82) is 0 Å². The molecule has 0 amide bonds. The second kappa shape index (κ2) is 9.02. The van der Waals surface area contributed by atoms with Crippen LogP contribution in [0.25, 0.3) is 0 Å². The number of rotatable bonds is 5. The van der Waals surface area contributed by atoms with Gasteiger partial charge in [0.15, 0.2) is 0 Å². The molecule has 2 nitrogen and oxygen atoms in total. The van der Waals surface area contributed by atoms with Gasteiger partial charge >= 0.3 is 0 Å². The minimum atomic E-state index is -0.254. The molecule has 4 heteroatoms. The Morgan fingerprint density at radius 3 is 2.15 bits per heavy atom. The van der Waals surface area contributed by atoms with E-state index >= 15 is 0 Å². The van der Waals surface area contributed by atoms with Crippen LogP contribution in [-0.2, 0) is 0 Å². The fraction of sp³-hybridized carbons (Fsp3) is 0.0455. The highest BCUT2D eigenvalue weighted by molar-refractivity contribution is 8.14. The monoisotopic (exact) mass is 363 g/mol. The number of benzene rings is 3. The number of aliphatic imine (C=N–C) groups is 1. The average Bonchev–Trinajstić information content (AvgIpc) is 2.69. The summed E-state index contributed by atoms with van der Waals surface area (Å²) in [5.41, 5.74) is 1.73. The molecule has 0 aliphatic heterocycles. The SMILES string of the molecule is CC(=C\Oc1ccccc1)/C(=N\c1ccccc1)Sc1ccc(F)cc1. The third-order valence-electron chi connectivity index (χ3n) is 3.47. The number of ether oxygens (including phenoxy) is 1. The third kappa shape index (κ3) is 5.33. The summed E-state index contributed by atoms with van der Waals surface area (Å²) in [5, 5.41) is 0.790. The summed E-state index contributed by atoms with van der Waals surface area (Å²) < 4.78 is 18.9. The van der Waals surface area contributed by atoms with E-state index in [1.165, 1.54) is 23.9 Å². The Morgan fingerprint density at radius 1 is 0.885 bits per heavy atom. The van der Waals surface area contributed by atoms with E-state index in [1.807, 2.05) is 67.6 Å². The zero-order valence-corrected chi connectivity index (χ0v) is 15.1. The molecule has 26 heavy (non-hydrogen) atoms. The van der Waals surface area contributed by atoms with Gasteiger partial charge in [-0.25, -0.2) is 9.38 Å². The van der Waals surface area contributed by atoms with Crippen molar-refractivity contribution in [2.24, 2.45) is 4.99 Å². The highest BCUT2D eigenvalue weighted by atomic mass is 32.2. The van der Waals surface area contributed by atoms with E-state index in [0.717, 1.165) is 26.9 Å². The minimum absolute atomic E-state index is 0.254. The van der Waals surface area contributed by atoms with Gasteiger partial charge in [0, 0.05) is 10.5 Å². The van der Waals surface area contributed by atoms with Crippen LogP contribution in [0.2, 0.25) is 0 Å². The number of nitrogens with zero attached hydrogens (tertiary/aromatic N) is 1. The van der Waals surface area contributed by atoms with E-state index < -0.39 is 0 Å². The summed E-state index contributed by atoms with van der Waals surface area (Å²) in [5.74, 6) is 0.508. The Hall–Kier alpha value is -2.85. The molecule has 0 bridgehead atoms. The van der Waals surface area contributed by atoms with Crippen molar-refractivity contribution in [3.8, 4) is 5.75 Å². The van der Waals surface area contributed by atoms with Crippen LogP contribution >= 0.6 is 11.8 Å². The maximum absolute atomic E-state index is 13.2. The van der Waals surface area contributed by atoms with Crippen molar-refractivity contribution < 1.29 is 9.13 Å². The van der Waals surface area contributed by atoms with Gasteiger partial charge in [-0.2, -0.15) is 0 Å². The standard InChI is InChI=1S/C22H18FNOS/c1-17(16-25-20-10-6-3-7-11-20)22(24-19-8-4-2-5-9-19)26-21-14-12-18(23)13-15-21/h2-16H,1H3/b17-16+,24-22+. The van der Waals surface area contributed by atoms with Gasteiger partial charge in [0.05, 0.1) is 11.9 Å². The maximum Gasteiger partial charge on any atom is 0.126 e. The lowest BCUT2D eigenvalue weighted by Crippen LogP contribution is -1.97. The maximum atomic E-state index is 13.2. The van der Waals surface area contributed by atoms with Crippen molar-refractivity contribution in [3.05, 3.63) is 103 Å². The van der Waals surface area contributed by atoms with Crippen molar-refractivity contribution in [2.45, 2.75) is 11.8 Å². The lowest BCUT2D eigenvalue weighted by molar-refractivity contribution is 0.478. The van der Waals surface area contributed by atoms with Crippen LogP contribution in [0.3, 0.4) is 0 Å². The molecule has 0 spiro atoms. The molecule has 3 aromatic carbocycles. The molecule has 130 valence electrons. The van der Waals surface area contributed by atoms with Crippen molar-refractivity contribution in [2.75, 3.05) is 0 Å². The number of para-hydroxylation sites is 2. The molecule has 0 saturated carbocycles. The predicted molar refractivity (Wildman–Crippen MR) is 107 cm³/mol. The Morgan fingerprint density at radius 2 is 1.50 bits per heavy atom. The molecule has 0 saturated heterocycles. The van der Waals surface area contributed by atoms with Crippen LogP contribution in [0, 0.1) is 5.82 Å². The van der Waals surface area contributed by atoms with E-state index in [2.05, 4.69) is 0 Å². The number of hydrogen-bond acceptors (Lipinski definition) is 3. The molecule has 0 heterocycles.